The highest BCUT2D eigenvalue weighted by molar-refractivity contribution is 7.26. The van der Waals surface area contributed by atoms with Crippen LogP contribution in [0.3, 0.4) is 0 Å². The predicted molar refractivity (Wildman–Crippen MR) is 229 cm³/mol. The fourth-order valence-electron chi connectivity index (χ4n) is 8.63. The monoisotopic (exact) mass is 707 g/mol. The quantitative estimate of drug-likeness (QED) is 0.182. The number of hydrogen-bond acceptors (Lipinski definition) is 4. The molecule has 0 atom stereocenters. The molecule has 0 amide bonds. The number of rotatable bonds is 4. The van der Waals surface area contributed by atoms with E-state index in [0.717, 1.165) is 60.9 Å². The average molecular weight is 708 g/mol. The zero-order chi connectivity index (χ0) is 35.3. The highest BCUT2D eigenvalue weighted by Crippen LogP contribution is 2.50. The van der Waals surface area contributed by atoms with E-state index in [9.17, 15) is 0 Å². The zero-order valence-corrected chi connectivity index (χ0v) is 29.7. The Morgan fingerprint density at radius 1 is 0.389 bits per heavy atom. The first-order valence-corrected chi connectivity index (χ1v) is 19.1. The Balaban J connectivity index is 1.12. The van der Waals surface area contributed by atoms with Crippen molar-refractivity contribution >= 4 is 114 Å². The Morgan fingerprint density at radius 3 is 1.93 bits per heavy atom. The van der Waals surface area contributed by atoms with Crippen LogP contribution in [0.5, 0.6) is 0 Å². The van der Waals surface area contributed by atoms with Crippen LogP contribution in [0.1, 0.15) is 0 Å². The molecule has 12 rings (SSSR count). The maximum Gasteiger partial charge on any atom is 0.159 e. The van der Waals surface area contributed by atoms with E-state index in [1.807, 2.05) is 17.4 Å². The molecule has 0 saturated carbocycles. The van der Waals surface area contributed by atoms with E-state index in [4.69, 9.17) is 8.83 Å². The van der Waals surface area contributed by atoms with Crippen molar-refractivity contribution < 1.29 is 8.83 Å². The molecule has 3 nitrogen and oxygen atoms in total. The topological polar surface area (TPSA) is 29.5 Å². The molecule has 9 aromatic carbocycles. The maximum absolute atomic E-state index is 6.70. The molecule has 0 spiro atoms. The second-order valence-electron chi connectivity index (χ2n) is 14.0. The molecular formula is C50H29NO2S. The van der Waals surface area contributed by atoms with Gasteiger partial charge in [-0.2, -0.15) is 0 Å². The Kier molecular flexibility index (Phi) is 6.21. The molecule has 0 aliphatic carbocycles. The Bertz CT molecular complexity index is 3450. The van der Waals surface area contributed by atoms with Gasteiger partial charge in [-0.3, -0.25) is 0 Å². The molecule has 0 N–H and O–H groups in total. The fourth-order valence-corrected chi connectivity index (χ4v) is 9.84. The summed E-state index contributed by atoms with van der Waals surface area (Å²) in [6.45, 7) is 0. The molecule has 12 aromatic rings. The molecule has 54 heavy (non-hydrogen) atoms. The number of thiophene rings is 1. The van der Waals surface area contributed by atoms with Gasteiger partial charge in [0.1, 0.15) is 16.7 Å². The number of furan rings is 2. The molecule has 0 saturated heterocycles. The standard InChI is InChI=1S/C50H29NO2S/c1-3-13-34-30(10-1)12-7-16-35(34)32-22-25-33(26-23-32)51(41-19-8-17-38-37-15-5-6-21-43(37)52-49(38)41)42-20-9-18-40-47-45(54-50(40)42)29-28-44-46(47)39-27-24-31-11-2-4-14-36(31)48(39)53-44/h1-29H. The van der Waals surface area contributed by atoms with Crippen LogP contribution in [-0.2, 0) is 0 Å². The van der Waals surface area contributed by atoms with Crippen molar-refractivity contribution in [1.82, 2.24) is 0 Å². The third-order valence-electron chi connectivity index (χ3n) is 11.1. The van der Waals surface area contributed by atoms with Gasteiger partial charge >= 0.3 is 0 Å². The molecule has 3 aromatic heterocycles. The van der Waals surface area contributed by atoms with Gasteiger partial charge in [0.15, 0.2) is 5.58 Å². The third kappa shape index (κ3) is 4.23. The van der Waals surface area contributed by atoms with E-state index in [1.165, 1.54) is 52.8 Å². The Labute approximate surface area is 313 Å². The van der Waals surface area contributed by atoms with Crippen LogP contribution in [0.25, 0.3) is 96.7 Å². The largest absolute Gasteiger partial charge is 0.455 e. The lowest BCUT2D eigenvalue weighted by Gasteiger charge is -2.26. The molecule has 0 aliphatic heterocycles. The van der Waals surface area contributed by atoms with E-state index < -0.39 is 0 Å². The Morgan fingerprint density at radius 2 is 1.06 bits per heavy atom. The molecule has 0 bridgehead atoms. The van der Waals surface area contributed by atoms with Crippen molar-refractivity contribution in [2.24, 2.45) is 0 Å². The third-order valence-corrected chi connectivity index (χ3v) is 12.3. The Hall–Kier alpha value is -6.88. The van der Waals surface area contributed by atoms with Gasteiger partial charge in [-0.1, -0.05) is 127 Å². The number of benzene rings is 9. The highest BCUT2D eigenvalue weighted by Gasteiger charge is 2.24. The van der Waals surface area contributed by atoms with E-state index in [2.05, 4.69) is 175 Å². The van der Waals surface area contributed by atoms with E-state index in [0.29, 0.717) is 0 Å². The number of nitrogens with zero attached hydrogens (tertiary/aromatic N) is 1. The second-order valence-corrected chi connectivity index (χ2v) is 15.0. The van der Waals surface area contributed by atoms with Crippen LogP contribution < -0.4 is 4.90 Å². The molecule has 0 radical (unpaired) electrons. The van der Waals surface area contributed by atoms with Gasteiger partial charge in [0.2, 0.25) is 0 Å². The van der Waals surface area contributed by atoms with Crippen LogP contribution >= 0.6 is 11.3 Å². The van der Waals surface area contributed by atoms with Gasteiger partial charge in [-0.05, 0) is 75.8 Å². The van der Waals surface area contributed by atoms with Crippen molar-refractivity contribution in [3.05, 3.63) is 176 Å². The van der Waals surface area contributed by atoms with Crippen LogP contribution in [0.2, 0.25) is 0 Å². The summed E-state index contributed by atoms with van der Waals surface area (Å²) in [6.07, 6.45) is 0. The minimum absolute atomic E-state index is 0.866. The van der Waals surface area contributed by atoms with Gasteiger partial charge in [0.25, 0.3) is 0 Å². The molecule has 0 unspecified atom stereocenters. The van der Waals surface area contributed by atoms with Crippen LogP contribution in [0.4, 0.5) is 17.1 Å². The fraction of sp³-hybridized carbons (Fsp3) is 0. The van der Waals surface area contributed by atoms with Gasteiger partial charge in [0.05, 0.1) is 16.1 Å². The van der Waals surface area contributed by atoms with E-state index in [1.54, 1.807) is 0 Å². The summed E-state index contributed by atoms with van der Waals surface area (Å²) in [6, 6.07) is 62.9. The van der Waals surface area contributed by atoms with E-state index >= 15 is 0 Å². The zero-order valence-electron chi connectivity index (χ0n) is 28.9. The summed E-state index contributed by atoms with van der Waals surface area (Å²) < 4.78 is 15.8. The first-order chi connectivity index (χ1) is 26.8. The highest BCUT2D eigenvalue weighted by atomic mass is 32.1. The molecule has 0 aliphatic rings. The lowest BCUT2D eigenvalue weighted by atomic mass is 9.98. The smallest absolute Gasteiger partial charge is 0.159 e. The number of hydrogen-bond donors (Lipinski definition) is 0. The summed E-state index contributed by atoms with van der Waals surface area (Å²) in [5.74, 6) is 0. The molecule has 0 fully saturated rings. The minimum atomic E-state index is 0.866. The summed E-state index contributed by atoms with van der Waals surface area (Å²) in [5.41, 5.74) is 9.16. The average Bonchev–Trinajstić information content (AvgIpc) is 3.93. The molecule has 252 valence electrons. The number of fused-ring (bicyclic) bond motifs is 13. The second kappa shape index (κ2) is 11.3. The maximum atomic E-state index is 6.70. The van der Waals surface area contributed by atoms with Crippen molar-refractivity contribution in [2.75, 3.05) is 4.90 Å². The lowest BCUT2D eigenvalue weighted by molar-refractivity contribution is 0.669. The SMILES string of the molecule is c1ccc2c(-c3ccc(N(c4cccc5c4oc4ccccc45)c4cccc5c4sc4ccc6oc7c8ccccc8ccc7c6c45)cc3)cccc2c1. The van der Waals surface area contributed by atoms with Gasteiger partial charge in [-0.25, -0.2) is 0 Å². The number of anilines is 3. The van der Waals surface area contributed by atoms with Gasteiger partial charge in [0, 0.05) is 48.1 Å². The molecule has 3 heterocycles. The first-order valence-electron chi connectivity index (χ1n) is 18.3. The van der Waals surface area contributed by atoms with Crippen molar-refractivity contribution in [3.8, 4) is 11.1 Å². The predicted octanol–water partition coefficient (Wildman–Crippen LogP) is 15.3. The molecule has 4 heteroatoms. The summed E-state index contributed by atoms with van der Waals surface area (Å²) in [7, 11) is 0. The minimum Gasteiger partial charge on any atom is -0.455 e. The normalized spacial score (nSPS) is 12.1. The van der Waals surface area contributed by atoms with Crippen LogP contribution in [0.15, 0.2) is 185 Å². The van der Waals surface area contributed by atoms with Gasteiger partial charge in [-0.15, -0.1) is 11.3 Å². The number of para-hydroxylation sites is 2. The molecular weight excluding hydrogens is 679 g/mol. The summed E-state index contributed by atoms with van der Waals surface area (Å²) in [4.78, 5) is 2.38. The van der Waals surface area contributed by atoms with Crippen LogP contribution in [-0.4, -0.2) is 0 Å². The van der Waals surface area contributed by atoms with Crippen molar-refractivity contribution in [1.29, 1.82) is 0 Å². The first kappa shape index (κ1) is 29.7. The lowest BCUT2D eigenvalue weighted by Crippen LogP contribution is -2.10. The summed E-state index contributed by atoms with van der Waals surface area (Å²) >= 11 is 1.83. The van der Waals surface area contributed by atoms with Gasteiger partial charge < -0.3 is 13.7 Å². The van der Waals surface area contributed by atoms with E-state index in [-0.39, 0.29) is 0 Å². The van der Waals surface area contributed by atoms with Crippen LogP contribution in [0, 0.1) is 0 Å². The van der Waals surface area contributed by atoms with Crippen molar-refractivity contribution in [3.63, 3.8) is 0 Å². The summed E-state index contributed by atoms with van der Waals surface area (Å²) in [5, 5.41) is 11.8. The van der Waals surface area contributed by atoms with Crippen molar-refractivity contribution in [2.45, 2.75) is 0 Å².